The van der Waals surface area contributed by atoms with Crippen molar-refractivity contribution in [3.63, 3.8) is 0 Å². The van der Waals surface area contributed by atoms with Gasteiger partial charge in [0.2, 0.25) is 0 Å². The zero-order valence-corrected chi connectivity index (χ0v) is 13.8. The normalized spacial score (nSPS) is 11.5. The third-order valence-corrected chi connectivity index (χ3v) is 4.26. The van der Waals surface area contributed by atoms with Crippen LogP contribution >= 0.6 is 45.2 Å². The van der Waals surface area contributed by atoms with Gasteiger partial charge in [0.25, 0.3) is 0 Å². The standard InChI is InChI=1S/C4H4I2N6O9/c5-3(9(14)15,10(16)17)1-8(7-13)2-4(6,11(18)19)12(20)21/h1-2H2. The Morgan fingerprint density at radius 1 is 0.810 bits per heavy atom. The molecule has 0 spiro atoms. The summed E-state index contributed by atoms with van der Waals surface area (Å²) in [5.74, 6) is 0. The summed E-state index contributed by atoms with van der Waals surface area (Å²) >= 11 is 1.60. The van der Waals surface area contributed by atoms with Crippen LogP contribution in [0.1, 0.15) is 0 Å². The first-order valence-electron chi connectivity index (χ1n) is 4.46. The Labute approximate surface area is 140 Å². The van der Waals surface area contributed by atoms with Crippen LogP contribution in [-0.4, -0.2) is 45.1 Å². The predicted octanol–water partition coefficient (Wildman–Crippen LogP) is 0.254. The monoisotopic (exact) mass is 534 g/mol. The van der Waals surface area contributed by atoms with Crippen LogP contribution in [0.3, 0.4) is 0 Å². The maximum absolute atomic E-state index is 10.7. The minimum atomic E-state index is -2.93. The summed E-state index contributed by atoms with van der Waals surface area (Å²) in [5.41, 5.74) is 0. The molecular formula is C4H4I2N6O9. The lowest BCUT2D eigenvalue weighted by Crippen LogP contribution is -2.54. The fraction of sp³-hybridized carbons (Fsp3) is 1.00. The van der Waals surface area contributed by atoms with Crippen LogP contribution in [0.25, 0.3) is 0 Å². The van der Waals surface area contributed by atoms with Gasteiger partial charge in [-0.15, -0.1) is 4.91 Å². The molecule has 0 unspecified atom stereocenters. The van der Waals surface area contributed by atoms with Gasteiger partial charge in [0, 0.05) is 0 Å². The van der Waals surface area contributed by atoms with Crippen molar-refractivity contribution in [2.24, 2.45) is 5.29 Å². The predicted molar refractivity (Wildman–Crippen MR) is 78.8 cm³/mol. The lowest BCUT2D eigenvalue weighted by Gasteiger charge is -2.19. The molecule has 0 bridgehead atoms. The van der Waals surface area contributed by atoms with E-state index in [-0.39, 0.29) is 5.01 Å². The molecule has 21 heavy (non-hydrogen) atoms. The molecule has 0 aromatic rings. The van der Waals surface area contributed by atoms with Crippen LogP contribution in [0.4, 0.5) is 0 Å². The van der Waals surface area contributed by atoms with Crippen LogP contribution < -0.4 is 0 Å². The smallest absolute Gasteiger partial charge is 0.258 e. The van der Waals surface area contributed by atoms with Crippen LogP contribution in [0.5, 0.6) is 0 Å². The van der Waals surface area contributed by atoms with Crippen LogP contribution in [0.15, 0.2) is 5.29 Å². The topological polar surface area (TPSA) is 205 Å². The summed E-state index contributed by atoms with van der Waals surface area (Å²) in [7, 11) is 0. The highest BCUT2D eigenvalue weighted by Gasteiger charge is 2.60. The first-order chi connectivity index (χ1) is 9.41. The van der Waals surface area contributed by atoms with Gasteiger partial charge in [-0.25, -0.2) is 5.01 Å². The van der Waals surface area contributed by atoms with Gasteiger partial charge in [-0.2, -0.15) is 0 Å². The Kier molecular flexibility index (Phi) is 6.44. The van der Waals surface area contributed by atoms with Crippen molar-refractivity contribution in [3.05, 3.63) is 45.4 Å². The molecule has 0 heterocycles. The highest BCUT2D eigenvalue weighted by atomic mass is 127. The Balaban J connectivity index is 5.42. The molecule has 0 amide bonds. The first-order valence-corrected chi connectivity index (χ1v) is 6.61. The average Bonchev–Trinajstić information content (AvgIpc) is 2.36. The van der Waals surface area contributed by atoms with Crippen molar-refractivity contribution in [1.29, 1.82) is 0 Å². The molecule has 0 saturated carbocycles. The average molecular weight is 534 g/mol. The molecule has 0 atom stereocenters. The molecule has 0 radical (unpaired) electrons. The number of alkyl halides is 2. The van der Waals surface area contributed by atoms with Crippen molar-refractivity contribution in [2.45, 2.75) is 7.34 Å². The molecular weight excluding hydrogens is 530 g/mol. The number of nitro groups is 4. The fourth-order valence-electron chi connectivity index (χ4n) is 0.942. The van der Waals surface area contributed by atoms with Crippen molar-refractivity contribution in [2.75, 3.05) is 13.1 Å². The third kappa shape index (κ3) is 4.21. The largest absolute Gasteiger partial charge is 0.521 e. The number of nitrogens with zero attached hydrogens (tertiary/aromatic N) is 6. The molecule has 0 aromatic heterocycles. The van der Waals surface area contributed by atoms with Gasteiger partial charge < -0.3 is 0 Å². The second kappa shape index (κ2) is 6.95. The second-order valence-electron chi connectivity index (χ2n) is 3.37. The molecule has 0 fully saturated rings. The number of hydrogen-bond acceptors (Lipinski definition) is 10. The Morgan fingerprint density at radius 2 is 1.05 bits per heavy atom. The second-order valence-corrected chi connectivity index (χ2v) is 6.83. The molecule has 17 heteroatoms. The summed E-state index contributed by atoms with van der Waals surface area (Å²) in [5, 5.41) is 44.8. The Morgan fingerprint density at radius 3 is 1.19 bits per heavy atom. The highest BCUT2D eigenvalue weighted by Crippen LogP contribution is 2.26. The van der Waals surface area contributed by atoms with Gasteiger partial charge in [0.15, 0.2) is 13.1 Å². The third-order valence-electron chi connectivity index (χ3n) is 2.00. The lowest BCUT2D eigenvalue weighted by molar-refractivity contribution is -0.759. The van der Waals surface area contributed by atoms with E-state index in [0.29, 0.717) is 0 Å². The highest BCUT2D eigenvalue weighted by molar-refractivity contribution is 14.1. The number of nitroso groups, excluding NO2 is 1. The zero-order chi connectivity index (χ0) is 17.0. The molecule has 0 aliphatic heterocycles. The summed E-state index contributed by atoms with van der Waals surface area (Å²) in [6.07, 6.45) is 0. The quantitative estimate of drug-likeness (QED) is 0.0750. The van der Waals surface area contributed by atoms with E-state index in [4.69, 9.17) is 0 Å². The van der Waals surface area contributed by atoms with Crippen molar-refractivity contribution in [1.82, 2.24) is 5.01 Å². The Hall–Kier alpha value is -1.54. The van der Waals surface area contributed by atoms with E-state index in [1.54, 1.807) is 0 Å². The minimum Gasteiger partial charge on any atom is -0.258 e. The fourth-order valence-corrected chi connectivity index (χ4v) is 1.73. The van der Waals surface area contributed by atoms with Gasteiger partial charge in [0.1, 0.15) is 64.9 Å². The minimum absolute atomic E-state index is 0.00389. The Bertz CT molecular complexity index is 429. The SMILES string of the molecule is O=NN(CC(I)([N+](=O)[O-])[N+](=O)[O-])CC(I)([N+](=O)[O-])[N+](=O)[O-]. The number of rotatable bonds is 9. The van der Waals surface area contributed by atoms with Crippen molar-refractivity contribution >= 4 is 45.2 Å². The van der Waals surface area contributed by atoms with E-state index in [2.05, 4.69) is 5.29 Å². The first kappa shape index (κ1) is 19.5. The summed E-state index contributed by atoms with van der Waals surface area (Å²) in [6.45, 7) is -2.58. The van der Waals surface area contributed by atoms with Gasteiger partial charge in [-0.1, -0.05) is 0 Å². The summed E-state index contributed by atoms with van der Waals surface area (Å²) in [4.78, 5) is 47.8. The van der Waals surface area contributed by atoms with Gasteiger partial charge in [0.05, 0.1) is 5.29 Å². The molecule has 0 saturated heterocycles. The summed E-state index contributed by atoms with van der Waals surface area (Å²) in [6, 6.07) is 0. The van der Waals surface area contributed by atoms with E-state index < -0.39 is 40.1 Å². The van der Waals surface area contributed by atoms with Crippen LogP contribution in [0.2, 0.25) is 0 Å². The lowest BCUT2D eigenvalue weighted by atomic mass is 10.4. The van der Waals surface area contributed by atoms with Crippen LogP contribution in [0, 0.1) is 45.4 Å². The summed E-state index contributed by atoms with van der Waals surface area (Å²) < 4.78 is -5.87. The van der Waals surface area contributed by atoms with E-state index >= 15 is 0 Å². The van der Waals surface area contributed by atoms with Crippen molar-refractivity contribution in [3.8, 4) is 0 Å². The van der Waals surface area contributed by atoms with Gasteiger partial charge in [-0.3, -0.25) is 40.5 Å². The van der Waals surface area contributed by atoms with E-state index in [9.17, 15) is 45.4 Å². The maximum atomic E-state index is 10.7. The molecule has 15 nitrogen and oxygen atoms in total. The zero-order valence-electron chi connectivity index (χ0n) is 9.53. The number of hydrogen-bond donors (Lipinski definition) is 0. The molecule has 0 aliphatic carbocycles. The number of halogens is 2. The van der Waals surface area contributed by atoms with E-state index in [1.165, 1.54) is 0 Å². The molecule has 118 valence electrons. The molecule has 0 aromatic carbocycles. The molecule has 0 rings (SSSR count). The van der Waals surface area contributed by atoms with Crippen LogP contribution in [-0.2, 0) is 0 Å². The van der Waals surface area contributed by atoms with E-state index in [1.807, 2.05) is 0 Å². The van der Waals surface area contributed by atoms with E-state index in [0.717, 1.165) is 45.2 Å². The van der Waals surface area contributed by atoms with Gasteiger partial charge in [-0.05, 0) is 0 Å². The van der Waals surface area contributed by atoms with Crippen molar-refractivity contribution < 1.29 is 19.7 Å². The molecule has 0 aliphatic rings. The maximum Gasteiger partial charge on any atom is 0.521 e. The van der Waals surface area contributed by atoms with Gasteiger partial charge >= 0.3 is 7.34 Å². The molecule has 0 N–H and O–H groups in total.